The van der Waals surface area contributed by atoms with Crippen molar-refractivity contribution in [2.75, 3.05) is 18.4 Å². The van der Waals surface area contributed by atoms with E-state index in [0.717, 1.165) is 16.2 Å². The van der Waals surface area contributed by atoms with Crippen molar-refractivity contribution in [2.45, 2.75) is 13.5 Å². The van der Waals surface area contributed by atoms with Gasteiger partial charge in [-0.15, -0.1) is 0 Å². The van der Waals surface area contributed by atoms with Crippen LogP contribution in [0.25, 0.3) is 0 Å². The zero-order valence-corrected chi connectivity index (χ0v) is 13.2. The van der Waals surface area contributed by atoms with E-state index in [1.54, 1.807) is 10.7 Å². The molecule has 3 rings (SSSR count). The van der Waals surface area contributed by atoms with Crippen LogP contribution in [0.2, 0.25) is 0 Å². The number of aryl methyl sites for hydroxylation is 1. The zero-order valence-electron chi connectivity index (χ0n) is 13.2. The van der Waals surface area contributed by atoms with E-state index >= 15 is 0 Å². The smallest absolute Gasteiger partial charge is 0.325 e. The van der Waals surface area contributed by atoms with Crippen LogP contribution in [0.4, 0.5) is 10.6 Å². The summed E-state index contributed by atoms with van der Waals surface area (Å²) >= 11 is 0. The molecule has 124 valence electrons. The molecule has 0 atom stereocenters. The minimum atomic E-state index is -0.552. The van der Waals surface area contributed by atoms with Crippen molar-refractivity contribution in [3.63, 3.8) is 0 Å². The van der Waals surface area contributed by atoms with E-state index < -0.39 is 17.8 Å². The largest absolute Gasteiger partial charge is 0.329 e. The molecule has 8 heteroatoms. The van der Waals surface area contributed by atoms with Gasteiger partial charge in [0.25, 0.3) is 5.91 Å². The molecule has 0 aliphatic carbocycles. The molecule has 0 bridgehead atoms. The van der Waals surface area contributed by atoms with Gasteiger partial charge >= 0.3 is 6.03 Å². The van der Waals surface area contributed by atoms with Crippen LogP contribution in [-0.4, -0.2) is 45.6 Å². The first-order chi connectivity index (χ1) is 11.5. The number of rotatable bonds is 5. The lowest BCUT2D eigenvalue weighted by atomic mass is 10.2. The Hall–Kier alpha value is -3.16. The summed E-state index contributed by atoms with van der Waals surface area (Å²) in [6, 6.07) is 10.9. The third-order valence-electron chi connectivity index (χ3n) is 3.58. The lowest BCUT2D eigenvalue weighted by Gasteiger charge is -2.13. The van der Waals surface area contributed by atoms with Gasteiger partial charge in [-0.05, 0) is 12.5 Å². The summed E-state index contributed by atoms with van der Waals surface area (Å²) in [4.78, 5) is 36.0. The molecule has 1 aromatic carbocycles. The van der Waals surface area contributed by atoms with Crippen LogP contribution in [0.1, 0.15) is 11.3 Å². The topological polar surface area (TPSA) is 96.3 Å². The fourth-order valence-electron chi connectivity index (χ4n) is 2.46. The minimum Gasteiger partial charge on any atom is -0.329 e. The van der Waals surface area contributed by atoms with Crippen molar-refractivity contribution in [1.82, 2.24) is 20.0 Å². The number of benzene rings is 1. The maximum atomic E-state index is 12.1. The highest BCUT2D eigenvalue weighted by molar-refractivity contribution is 6.06. The molecule has 0 spiro atoms. The number of hydrogen-bond acceptors (Lipinski definition) is 4. The van der Waals surface area contributed by atoms with Gasteiger partial charge in [0.15, 0.2) is 0 Å². The molecule has 1 aliphatic rings. The first-order valence-electron chi connectivity index (χ1n) is 7.49. The molecule has 2 N–H and O–H groups in total. The molecule has 1 aromatic heterocycles. The number of imide groups is 1. The van der Waals surface area contributed by atoms with Crippen LogP contribution >= 0.6 is 0 Å². The normalized spacial score (nSPS) is 14.0. The lowest BCUT2D eigenvalue weighted by Crippen LogP contribution is -2.38. The van der Waals surface area contributed by atoms with Gasteiger partial charge in [-0.1, -0.05) is 30.3 Å². The van der Waals surface area contributed by atoms with E-state index in [9.17, 15) is 14.4 Å². The van der Waals surface area contributed by atoms with Crippen LogP contribution in [0, 0.1) is 6.92 Å². The second-order valence-corrected chi connectivity index (χ2v) is 5.50. The number of carbonyl (C=O) groups excluding carboxylic acids is 3. The number of amides is 4. The SMILES string of the molecule is Cc1cc(NC(=O)CN2C(=O)CNC2=O)n(Cc2ccccc2)n1. The lowest BCUT2D eigenvalue weighted by molar-refractivity contribution is -0.128. The predicted octanol–water partition coefficient (Wildman–Crippen LogP) is 0.730. The van der Waals surface area contributed by atoms with Gasteiger partial charge in [-0.25, -0.2) is 9.48 Å². The van der Waals surface area contributed by atoms with Crippen LogP contribution in [0.3, 0.4) is 0 Å². The summed E-state index contributed by atoms with van der Waals surface area (Å²) in [5.74, 6) is -0.341. The summed E-state index contributed by atoms with van der Waals surface area (Å²) in [6.45, 7) is 1.94. The average molecular weight is 327 g/mol. The molecule has 2 aromatic rings. The van der Waals surface area contributed by atoms with E-state index in [4.69, 9.17) is 0 Å². The Kier molecular flexibility index (Phi) is 4.28. The van der Waals surface area contributed by atoms with Gasteiger partial charge in [0.1, 0.15) is 12.4 Å². The molecule has 1 fully saturated rings. The average Bonchev–Trinajstić information content (AvgIpc) is 3.05. The van der Waals surface area contributed by atoms with E-state index in [-0.39, 0.29) is 13.1 Å². The van der Waals surface area contributed by atoms with Crippen LogP contribution in [0.5, 0.6) is 0 Å². The van der Waals surface area contributed by atoms with Gasteiger partial charge in [0, 0.05) is 6.07 Å². The molecular weight excluding hydrogens is 310 g/mol. The fraction of sp³-hybridized carbons (Fsp3) is 0.250. The highest BCUT2D eigenvalue weighted by Crippen LogP contribution is 2.13. The molecule has 1 saturated heterocycles. The molecule has 0 radical (unpaired) electrons. The number of aromatic nitrogens is 2. The molecule has 4 amide bonds. The van der Waals surface area contributed by atoms with Crippen molar-refractivity contribution in [3.05, 3.63) is 47.7 Å². The van der Waals surface area contributed by atoms with E-state index in [1.165, 1.54) is 0 Å². The van der Waals surface area contributed by atoms with Crippen molar-refractivity contribution in [3.8, 4) is 0 Å². The number of anilines is 1. The van der Waals surface area contributed by atoms with E-state index in [2.05, 4.69) is 15.7 Å². The Morgan fingerprint density at radius 3 is 2.71 bits per heavy atom. The molecule has 2 heterocycles. The number of nitrogens with zero attached hydrogens (tertiary/aromatic N) is 3. The highest BCUT2D eigenvalue weighted by atomic mass is 16.2. The van der Waals surface area contributed by atoms with E-state index in [1.807, 2.05) is 37.3 Å². The van der Waals surface area contributed by atoms with Crippen molar-refractivity contribution in [1.29, 1.82) is 0 Å². The molecule has 8 nitrogen and oxygen atoms in total. The zero-order chi connectivity index (χ0) is 17.1. The number of carbonyl (C=O) groups is 3. The summed E-state index contributed by atoms with van der Waals surface area (Å²) in [5, 5.41) is 9.45. The Morgan fingerprint density at radius 2 is 2.04 bits per heavy atom. The first-order valence-corrected chi connectivity index (χ1v) is 7.49. The molecular formula is C16H17N5O3. The summed E-state index contributed by atoms with van der Waals surface area (Å²) in [5.41, 5.74) is 1.81. The Balaban J connectivity index is 1.69. The maximum Gasteiger partial charge on any atom is 0.325 e. The fourth-order valence-corrected chi connectivity index (χ4v) is 2.46. The number of nitrogens with one attached hydrogen (secondary N) is 2. The summed E-state index contributed by atoms with van der Waals surface area (Å²) in [7, 11) is 0. The molecule has 0 unspecified atom stereocenters. The third-order valence-corrected chi connectivity index (χ3v) is 3.58. The van der Waals surface area contributed by atoms with Crippen LogP contribution in [-0.2, 0) is 16.1 Å². The second-order valence-electron chi connectivity index (χ2n) is 5.50. The number of hydrogen-bond donors (Lipinski definition) is 2. The Morgan fingerprint density at radius 1 is 1.29 bits per heavy atom. The minimum absolute atomic E-state index is 0.0723. The van der Waals surface area contributed by atoms with Gasteiger partial charge in [0.05, 0.1) is 18.8 Å². The highest BCUT2D eigenvalue weighted by Gasteiger charge is 2.30. The molecule has 1 aliphatic heterocycles. The van der Waals surface area contributed by atoms with Crippen molar-refractivity contribution < 1.29 is 14.4 Å². The van der Waals surface area contributed by atoms with Gasteiger partial charge in [-0.3, -0.25) is 14.5 Å². The Bertz CT molecular complexity index is 768. The Labute approximate surface area is 138 Å². The standard InChI is InChI=1S/C16H17N5O3/c1-11-7-13(21(19-11)9-12-5-3-2-4-6-12)18-14(22)10-20-15(23)8-17-16(20)24/h2-7H,8-10H2,1H3,(H,17,24)(H,18,22). The van der Waals surface area contributed by atoms with E-state index in [0.29, 0.717) is 12.4 Å². The second kappa shape index (κ2) is 6.53. The first kappa shape index (κ1) is 15.7. The van der Waals surface area contributed by atoms with Gasteiger partial charge < -0.3 is 10.6 Å². The number of urea groups is 1. The quantitative estimate of drug-likeness (QED) is 0.791. The van der Waals surface area contributed by atoms with Crippen LogP contribution in [0.15, 0.2) is 36.4 Å². The van der Waals surface area contributed by atoms with Crippen molar-refractivity contribution >= 4 is 23.7 Å². The molecule has 24 heavy (non-hydrogen) atoms. The summed E-state index contributed by atoms with van der Waals surface area (Å²) in [6.07, 6.45) is 0. The maximum absolute atomic E-state index is 12.1. The van der Waals surface area contributed by atoms with Crippen molar-refractivity contribution in [2.24, 2.45) is 0 Å². The van der Waals surface area contributed by atoms with Gasteiger partial charge in [-0.2, -0.15) is 5.10 Å². The summed E-state index contributed by atoms with van der Waals surface area (Å²) < 4.78 is 1.68. The third kappa shape index (κ3) is 3.43. The van der Waals surface area contributed by atoms with Gasteiger partial charge in [0.2, 0.25) is 5.91 Å². The molecule has 0 saturated carbocycles. The van der Waals surface area contributed by atoms with Crippen LogP contribution < -0.4 is 10.6 Å². The predicted molar refractivity (Wildman–Crippen MR) is 86.2 cm³/mol. The monoisotopic (exact) mass is 327 g/mol.